The van der Waals surface area contributed by atoms with Crippen LogP contribution in [0, 0.1) is 0 Å². The number of likely N-dealkylation sites (N-methyl/N-ethyl adjacent to an activating group) is 1. The van der Waals surface area contributed by atoms with Gasteiger partial charge >= 0.3 is 0 Å². The molecule has 1 saturated heterocycles. The van der Waals surface area contributed by atoms with Gasteiger partial charge in [-0.2, -0.15) is 0 Å². The van der Waals surface area contributed by atoms with E-state index in [1.807, 2.05) is 33.8 Å². The average Bonchev–Trinajstić information content (AvgIpc) is 2.89. The number of piperazine rings is 1. The third-order valence-electron chi connectivity index (χ3n) is 3.90. The van der Waals surface area contributed by atoms with Gasteiger partial charge in [0.15, 0.2) is 0 Å². The minimum absolute atomic E-state index is 0.171. The Labute approximate surface area is 134 Å². The van der Waals surface area contributed by atoms with Crippen molar-refractivity contribution in [2.45, 2.75) is 6.54 Å². The number of amides is 1. The van der Waals surface area contributed by atoms with Crippen molar-refractivity contribution in [2.24, 2.45) is 0 Å². The Balaban J connectivity index is 1.58. The topological polar surface area (TPSA) is 52.9 Å². The average molecular weight is 322 g/mol. The Hall–Kier alpha value is -1.63. The van der Waals surface area contributed by atoms with Crippen LogP contribution in [0.1, 0.15) is 5.69 Å². The van der Waals surface area contributed by atoms with Gasteiger partial charge in [-0.1, -0.05) is 11.6 Å². The number of carbonyl (C=O) groups excluding carboxylic acids is 1. The lowest BCUT2D eigenvalue weighted by molar-refractivity contribution is -0.131. The molecule has 0 spiro atoms. The minimum Gasteiger partial charge on any atom is -0.339 e. The van der Waals surface area contributed by atoms with Gasteiger partial charge in [0.25, 0.3) is 0 Å². The molecule has 0 unspecified atom stereocenters. The Bertz CT molecular complexity index is 663. The van der Waals surface area contributed by atoms with E-state index in [2.05, 4.69) is 15.2 Å². The summed E-state index contributed by atoms with van der Waals surface area (Å²) in [6.07, 6.45) is 3.88. The molecule has 1 aliphatic heterocycles. The lowest BCUT2D eigenvalue weighted by atomic mass is 10.3. The Morgan fingerprint density at radius 2 is 2.05 bits per heavy atom. The molecule has 2 aromatic heterocycles. The number of aromatic nitrogens is 2. The maximum absolute atomic E-state index is 11.8. The van der Waals surface area contributed by atoms with Crippen LogP contribution in [0.3, 0.4) is 0 Å². The highest BCUT2D eigenvalue weighted by Gasteiger charge is 2.21. The number of hydrogen-bond donors (Lipinski definition) is 1. The van der Waals surface area contributed by atoms with Crippen LogP contribution in [-0.2, 0) is 11.3 Å². The van der Waals surface area contributed by atoms with Crippen molar-refractivity contribution in [1.29, 1.82) is 0 Å². The van der Waals surface area contributed by atoms with E-state index in [4.69, 9.17) is 11.6 Å². The third-order valence-corrected chi connectivity index (χ3v) is 4.13. The number of fused-ring (bicyclic) bond motifs is 1. The first-order valence-electron chi connectivity index (χ1n) is 7.43. The summed E-state index contributed by atoms with van der Waals surface area (Å²) in [6.45, 7) is 4.52. The first-order valence-corrected chi connectivity index (χ1v) is 7.81. The number of nitrogens with one attached hydrogen (secondary N) is 1. The molecule has 7 heteroatoms. The van der Waals surface area contributed by atoms with Gasteiger partial charge in [0, 0.05) is 45.1 Å². The van der Waals surface area contributed by atoms with E-state index in [1.165, 1.54) is 0 Å². The largest absolute Gasteiger partial charge is 0.339 e. The summed E-state index contributed by atoms with van der Waals surface area (Å²) in [7, 11) is 1.80. The fourth-order valence-corrected chi connectivity index (χ4v) is 2.91. The molecule has 0 aromatic carbocycles. The molecule has 0 aliphatic carbocycles. The van der Waals surface area contributed by atoms with Gasteiger partial charge in [-0.25, -0.2) is 4.98 Å². The first kappa shape index (κ1) is 15.3. The second kappa shape index (κ2) is 6.64. The zero-order chi connectivity index (χ0) is 15.5. The summed E-state index contributed by atoms with van der Waals surface area (Å²) >= 11 is 5.99. The number of carbonyl (C=O) groups is 1. The fraction of sp³-hybridized carbons (Fsp3) is 0.467. The zero-order valence-corrected chi connectivity index (χ0v) is 13.4. The van der Waals surface area contributed by atoms with E-state index in [1.54, 1.807) is 7.05 Å². The van der Waals surface area contributed by atoms with E-state index in [0.717, 1.165) is 44.1 Å². The zero-order valence-electron chi connectivity index (χ0n) is 12.6. The van der Waals surface area contributed by atoms with Crippen molar-refractivity contribution in [3.63, 3.8) is 0 Å². The molecule has 1 N–H and O–H groups in total. The number of imidazole rings is 1. The molecule has 3 heterocycles. The number of pyridine rings is 1. The summed E-state index contributed by atoms with van der Waals surface area (Å²) in [4.78, 5) is 20.7. The summed E-state index contributed by atoms with van der Waals surface area (Å²) in [6, 6.07) is 3.76. The standard InChI is InChI=1S/C15H20ClN5O/c1-17-8-15(22)20-6-4-19(5-7-20)10-13-11-21-9-12(16)2-3-14(21)18-13/h2-3,9,11,17H,4-8,10H2,1H3. The molecular weight excluding hydrogens is 302 g/mol. The maximum atomic E-state index is 11.8. The monoisotopic (exact) mass is 321 g/mol. The van der Waals surface area contributed by atoms with Crippen LogP contribution in [0.5, 0.6) is 0 Å². The molecule has 3 rings (SSSR count). The van der Waals surface area contributed by atoms with Gasteiger partial charge < -0.3 is 14.6 Å². The second-order valence-corrected chi connectivity index (χ2v) is 5.97. The van der Waals surface area contributed by atoms with Gasteiger partial charge in [-0.15, -0.1) is 0 Å². The van der Waals surface area contributed by atoms with Gasteiger partial charge in [0.05, 0.1) is 17.3 Å². The Kier molecular flexibility index (Phi) is 4.61. The molecule has 1 aliphatic rings. The highest BCUT2D eigenvalue weighted by atomic mass is 35.5. The predicted octanol–water partition coefficient (Wildman–Crippen LogP) is 0.851. The van der Waals surface area contributed by atoms with E-state index in [0.29, 0.717) is 11.6 Å². The molecule has 0 bridgehead atoms. The molecule has 1 fully saturated rings. The SMILES string of the molecule is CNCC(=O)N1CCN(Cc2cn3cc(Cl)ccc3n2)CC1. The van der Waals surface area contributed by atoms with Crippen LogP contribution in [0.25, 0.3) is 5.65 Å². The van der Waals surface area contributed by atoms with E-state index in [-0.39, 0.29) is 5.91 Å². The Morgan fingerprint density at radius 3 is 2.77 bits per heavy atom. The van der Waals surface area contributed by atoms with Crippen molar-refractivity contribution in [3.8, 4) is 0 Å². The summed E-state index contributed by atoms with van der Waals surface area (Å²) in [5.74, 6) is 0.171. The van der Waals surface area contributed by atoms with Crippen LogP contribution in [0.4, 0.5) is 0 Å². The van der Waals surface area contributed by atoms with Gasteiger partial charge in [-0.3, -0.25) is 9.69 Å². The molecule has 0 saturated carbocycles. The van der Waals surface area contributed by atoms with Crippen LogP contribution in [0.2, 0.25) is 5.02 Å². The maximum Gasteiger partial charge on any atom is 0.236 e. The predicted molar refractivity (Wildman–Crippen MR) is 86.0 cm³/mol. The van der Waals surface area contributed by atoms with Crippen molar-refractivity contribution < 1.29 is 4.79 Å². The lowest BCUT2D eigenvalue weighted by Crippen LogP contribution is -2.50. The summed E-state index contributed by atoms with van der Waals surface area (Å²) < 4.78 is 1.95. The van der Waals surface area contributed by atoms with Crippen LogP contribution in [-0.4, -0.2) is 64.9 Å². The summed E-state index contributed by atoms with van der Waals surface area (Å²) in [5, 5.41) is 3.61. The molecule has 0 atom stereocenters. The quantitative estimate of drug-likeness (QED) is 0.907. The van der Waals surface area contributed by atoms with Crippen molar-refractivity contribution in [3.05, 3.63) is 35.2 Å². The lowest BCUT2D eigenvalue weighted by Gasteiger charge is -2.34. The van der Waals surface area contributed by atoms with E-state index in [9.17, 15) is 4.79 Å². The van der Waals surface area contributed by atoms with Gasteiger partial charge in [0.2, 0.25) is 5.91 Å². The molecule has 0 radical (unpaired) electrons. The van der Waals surface area contributed by atoms with Crippen LogP contribution in [0.15, 0.2) is 24.5 Å². The Morgan fingerprint density at radius 1 is 1.27 bits per heavy atom. The number of rotatable bonds is 4. The molecule has 6 nitrogen and oxygen atoms in total. The fourth-order valence-electron chi connectivity index (χ4n) is 2.74. The van der Waals surface area contributed by atoms with Crippen LogP contribution < -0.4 is 5.32 Å². The first-order chi connectivity index (χ1) is 10.7. The molecule has 1 amide bonds. The van der Waals surface area contributed by atoms with Crippen molar-refractivity contribution in [1.82, 2.24) is 24.5 Å². The molecule has 118 valence electrons. The minimum atomic E-state index is 0.171. The van der Waals surface area contributed by atoms with Crippen molar-refractivity contribution >= 4 is 23.2 Å². The second-order valence-electron chi connectivity index (χ2n) is 5.53. The van der Waals surface area contributed by atoms with Gasteiger partial charge in [-0.05, 0) is 19.2 Å². The van der Waals surface area contributed by atoms with Gasteiger partial charge in [0.1, 0.15) is 5.65 Å². The number of halogens is 1. The smallest absolute Gasteiger partial charge is 0.236 e. The summed E-state index contributed by atoms with van der Waals surface area (Å²) in [5.41, 5.74) is 1.93. The third kappa shape index (κ3) is 3.40. The van der Waals surface area contributed by atoms with E-state index >= 15 is 0 Å². The number of nitrogens with zero attached hydrogens (tertiary/aromatic N) is 4. The molecule has 22 heavy (non-hydrogen) atoms. The van der Waals surface area contributed by atoms with E-state index < -0.39 is 0 Å². The normalized spacial score (nSPS) is 16.4. The molecular formula is C15H20ClN5O. The highest BCUT2D eigenvalue weighted by molar-refractivity contribution is 6.30. The van der Waals surface area contributed by atoms with Crippen LogP contribution >= 0.6 is 11.6 Å². The molecule has 2 aromatic rings. The highest BCUT2D eigenvalue weighted by Crippen LogP contribution is 2.13. The number of hydrogen-bond acceptors (Lipinski definition) is 4. The van der Waals surface area contributed by atoms with Crippen molar-refractivity contribution in [2.75, 3.05) is 39.8 Å².